The molecule has 20 heavy (non-hydrogen) atoms. The van der Waals surface area contributed by atoms with Crippen molar-refractivity contribution in [2.24, 2.45) is 5.10 Å². The van der Waals surface area contributed by atoms with Gasteiger partial charge in [-0.05, 0) is 32.5 Å². The number of likely N-dealkylation sites (tertiary alicyclic amines) is 1. The number of piperidine rings is 1. The average molecular weight is 314 g/mol. The molecule has 1 unspecified atom stereocenters. The standard InChI is InChI=1S/C14H17Cl2N3O/c1-19-8-3-2-7-12(19)14(20)18-17-9-10-5-4-6-11(15)13(10)16/h4-6,9,12H,2-3,7-8H2,1H3,(H,18,20). The van der Waals surface area contributed by atoms with Crippen LogP contribution in [0.25, 0.3) is 0 Å². The van der Waals surface area contributed by atoms with E-state index in [9.17, 15) is 4.79 Å². The van der Waals surface area contributed by atoms with Gasteiger partial charge >= 0.3 is 0 Å². The fourth-order valence-electron chi connectivity index (χ4n) is 2.27. The number of likely N-dealkylation sites (N-methyl/N-ethyl adjacent to an activating group) is 1. The monoisotopic (exact) mass is 313 g/mol. The highest BCUT2D eigenvalue weighted by molar-refractivity contribution is 6.43. The van der Waals surface area contributed by atoms with Crippen LogP contribution in [0.3, 0.4) is 0 Å². The maximum atomic E-state index is 12.0. The molecule has 1 N–H and O–H groups in total. The van der Waals surface area contributed by atoms with E-state index in [1.165, 1.54) is 6.21 Å². The molecule has 0 radical (unpaired) electrons. The van der Waals surface area contributed by atoms with Gasteiger partial charge in [0.05, 0.1) is 22.3 Å². The van der Waals surface area contributed by atoms with Gasteiger partial charge in [-0.15, -0.1) is 0 Å². The van der Waals surface area contributed by atoms with Gasteiger partial charge in [0.2, 0.25) is 0 Å². The number of benzene rings is 1. The van der Waals surface area contributed by atoms with E-state index in [2.05, 4.69) is 15.4 Å². The number of hydrogen-bond donors (Lipinski definition) is 1. The van der Waals surface area contributed by atoms with Crippen molar-refractivity contribution in [3.8, 4) is 0 Å². The van der Waals surface area contributed by atoms with Crippen LogP contribution in [0, 0.1) is 0 Å². The van der Waals surface area contributed by atoms with Crippen LogP contribution >= 0.6 is 23.2 Å². The Labute approximate surface area is 128 Å². The summed E-state index contributed by atoms with van der Waals surface area (Å²) in [6, 6.07) is 5.18. The third-order valence-corrected chi connectivity index (χ3v) is 4.27. The van der Waals surface area contributed by atoms with E-state index >= 15 is 0 Å². The molecule has 1 aromatic rings. The van der Waals surface area contributed by atoms with Gasteiger partial charge in [0.25, 0.3) is 5.91 Å². The maximum absolute atomic E-state index is 12.0. The van der Waals surface area contributed by atoms with Crippen LogP contribution in [-0.2, 0) is 4.79 Å². The Kier molecular flexibility index (Phi) is 5.40. The zero-order valence-electron chi connectivity index (χ0n) is 11.3. The fourth-order valence-corrected chi connectivity index (χ4v) is 2.62. The smallest absolute Gasteiger partial charge is 0.257 e. The highest BCUT2D eigenvalue weighted by Gasteiger charge is 2.25. The number of carbonyl (C=O) groups is 1. The fraction of sp³-hybridized carbons (Fsp3) is 0.429. The molecular weight excluding hydrogens is 297 g/mol. The third-order valence-electron chi connectivity index (χ3n) is 3.43. The highest BCUT2D eigenvalue weighted by Crippen LogP contribution is 2.24. The van der Waals surface area contributed by atoms with Crippen molar-refractivity contribution < 1.29 is 4.79 Å². The number of rotatable bonds is 3. The molecule has 1 amide bonds. The lowest BCUT2D eigenvalue weighted by atomic mass is 10.0. The molecule has 0 aromatic heterocycles. The second kappa shape index (κ2) is 7.07. The van der Waals surface area contributed by atoms with Crippen LogP contribution in [0.2, 0.25) is 10.0 Å². The molecule has 2 rings (SSSR count). The van der Waals surface area contributed by atoms with Crippen molar-refractivity contribution in [3.05, 3.63) is 33.8 Å². The van der Waals surface area contributed by atoms with Crippen molar-refractivity contribution in [2.45, 2.75) is 25.3 Å². The van der Waals surface area contributed by atoms with Crippen LogP contribution in [0.4, 0.5) is 0 Å². The number of amides is 1. The van der Waals surface area contributed by atoms with Gasteiger partial charge in [-0.25, -0.2) is 5.43 Å². The summed E-state index contributed by atoms with van der Waals surface area (Å²) in [7, 11) is 1.96. The molecule has 108 valence electrons. The Hall–Kier alpha value is -1.10. The molecule has 0 spiro atoms. The van der Waals surface area contributed by atoms with E-state index in [0.29, 0.717) is 15.6 Å². The molecule has 0 aliphatic carbocycles. The van der Waals surface area contributed by atoms with Gasteiger partial charge in [0.1, 0.15) is 0 Å². The first-order valence-electron chi connectivity index (χ1n) is 6.57. The quantitative estimate of drug-likeness (QED) is 0.689. The van der Waals surface area contributed by atoms with E-state index < -0.39 is 0 Å². The number of nitrogens with zero attached hydrogens (tertiary/aromatic N) is 2. The topological polar surface area (TPSA) is 44.7 Å². The second-order valence-corrected chi connectivity index (χ2v) is 5.65. The predicted molar refractivity (Wildman–Crippen MR) is 82.5 cm³/mol. The third kappa shape index (κ3) is 3.72. The Morgan fingerprint density at radius 3 is 3.00 bits per heavy atom. The first kappa shape index (κ1) is 15.3. The molecule has 1 fully saturated rings. The summed E-state index contributed by atoms with van der Waals surface area (Å²) in [6.45, 7) is 0.946. The maximum Gasteiger partial charge on any atom is 0.257 e. The van der Waals surface area contributed by atoms with Crippen molar-refractivity contribution in [3.63, 3.8) is 0 Å². The molecule has 6 heteroatoms. The van der Waals surface area contributed by atoms with E-state index in [-0.39, 0.29) is 11.9 Å². The summed E-state index contributed by atoms with van der Waals surface area (Å²) >= 11 is 11.9. The molecule has 1 aliphatic rings. The normalized spacial score (nSPS) is 20.2. The number of hydrazone groups is 1. The summed E-state index contributed by atoms with van der Waals surface area (Å²) in [5.41, 5.74) is 3.24. The summed E-state index contributed by atoms with van der Waals surface area (Å²) in [6.07, 6.45) is 4.60. The lowest BCUT2D eigenvalue weighted by Gasteiger charge is -2.30. The molecule has 1 atom stereocenters. The largest absolute Gasteiger partial charge is 0.295 e. The first-order chi connectivity index (χ1) is 9.59. The predicted octanol–water partition coefficient (Wildman–Crippen LogP) is 2.93. The van der Waals surface area contributed by atoms with Crippen LogP contribution < -0.4 is 5.43 Å². The van der Waals surface area contributed by atoms with Gasteiger partial charge in [0, 0.05) is 5.56 Å². The lowest BCUT2D eigenvalue weighted by Crippen LogP contribution is -2.46. The minimum atomic E-state index is -0.101. The molecule has 0 saturated carbocycles. The Bertz CT molecular complexity index is 519. The van der Waals surface area contributed by atoms with Crippen molar-refractivity contribution in [1.82, 2.24) is 10.3 Å². The van der Waals surface area contributed by atoms with Gasteiger partial charge in [-0.2, -0.15) is 5.10 Å². The minimum Gasteiger partial charge on any atom is -0.295 e. The highest BCUT2D eigenvalue weighted by atomic mass is 35.5. The number of halogens is 2. The van der Waals surface area contributed by atoms with Crippen molar-refractivity contribution >= 4 is 35.3 Å². The molecule has 1 saturated heterocycles. The van der Waals surface area contributed by atoms with Gasteiger partial charge in [-0.3, -0.25) is 9.69 Å². The zero-order chi connectivity index (χ0) is 14.5. The molecule has 1 aliphatic heterocycles. The molecule has 0 bridgehead atoms. The van der Waals surface area contributed by atoms with Crippen molar-refractivity contribution in [1.29, 1.82) is 0 Å². The van der Waals surface area contributed by atoms with E-state index in [1.54, 1.807) is 18.2 Å². The summed E-state index contributed by atoms with van der Waals surface area (Å²) in [5, 5.41) is 4.86. The molecule has 4 nitrogen and oxygen atoms in total. The van der Waals surface area contributed by atoms with E-state index in [4.69, 9.17) is 23.2 Å². The summed E-state index contributed by atoms with van der Waals surface area (Å²) in [5.74, 6) is -0.0819. The number of hydrogen-bond acceptors (Lipinski definition) is 3. The average Bonchev–Trinajstić information content (AvgIpc) is 2.44. The Balaban J connectivity index is 1.95. The number of carbonyl (C=O) groups excluding carboxylic acids is 1. The van der Waals surface area contributed by atoms with Crippen LogP contribution in [-0.4, -0.2) is 36.7 Å². The lowest BCUT2D eigenvalue weighted by molar-refractivity contribution is -0.126. The van der Waals surface area contributed by atoms with Gasteiger partial charge in [-0.1, -0.05) is 41.8 Å². The van der Waals surface area contributed by atoms with Crippen LogP contribution in [0.5, 0.6) is 0 Å². The minimum absolute atomic E-state index is 0.0819. The Morgan fingerprint density at radius 2 is 2.25 bits per heavy atom. The summed E-state index contributed by atoms with van der Waals surface area (Å²) < 4.78 is 0. The van der Waals surface area contributed by atoms with Crippen LogP contribution in [0.1, 0.15) is 24.8 Å². The SMILES string of the molecule is CN1CCCCC1C(=O)NN=Cc1cccc(Cl)c1Cl. The Morgan fingerprint density at radius 1 is 1.45 bits per heavy atom. The summed E-state index contributed by atoms with van der Waals surface area (Å²) in [4.78, 5) is 14.1. The molecule has 1 aromatic carbocycles. The molecule has 1 heterocycles. The second-order valence-electron chi connectivity index (χ2n) is 4.87. The van der Waals surface area contributed by atoms with Crippen molar-refractivity contribution in [2.75, 3.05) is 13.6 Å². The number of nitrogens with one attached hydrogen (secondary N) is 1. The zero-order valence-corrected chi connectivity index (χ0v) is 12.8. The van der Waals surface area contributed by atoms with Crippen LogP contribution in [0.15, 0.2) is 23.3 Å². The van der Waals surface area contributed by atoms with E-state index in [0.717, 1.165) is 25.8 Å². The first-order valence-corrected chi connectivity index (χ1v) is 7.32. The van der Waals surface area contributed by atoms with Gasteiger partial charge < -0.3 is 0 Å². The van der Waals surface area contributed by atoms with Gasteiger partial charge in [0.15, 0.2) is 0 Å². The molecular formula is C14H17Cl2N3O. The van der Waals surface area contributed by atoms with E-state index in [1.807, 2.05) is 7.05 Å².